The molecule has 0 aliphatic heterocycles. The van der Waals surface area contributed by atoms with Gasteiger partial charge < -0.3 is 16.1 Å². The molecule has 4 nitrogen and oxygen atoms in total. The predicted octanol–water partition coefficient (Wildman–Crippen LogP) is 3.23. The SMILES string of the molecule is C/C(=N\N)[C@H]1CCC2C3CC=C4C[C@@H](O)CC[C@]4(C)C3[C@@H](O)C[C@@]21C. The molecule has 3 fully saturated rings. The Morgan fingerprint density at radius 1 is 1.24 bits per heavy atom. The summed E-state index contributed by atoms with van der Waals surface area (Å²) >= 11 is 0. The smallest absolute Gasteiger partial charge is 0.0585 e. The van der Waals surface area contributed by atoms with E-state index in [1.165, 1.54) is 12.0 Å². The Kier molecular flexibility index (Phi) is 4.08. The largest absolute Gasteiger partial charge is 0.393 e. The van der Waals surface area contributed by atoms with Crippen LogP contribution in [-0.2, 0) is 0 Å². The van der Waals surface area contributed by atoms with Gasteiger partial charge in [0.05, 0.1) is 12.2 Å². The maximum atomic E-state index is 11.3. The third-order valence-corrected chi connectivity index (χ3v) is 8.72. The van der Waals surface area contributed by atoms with Crippen molar-refractivity contribution in [3.63, 3.8) is 0 Å². The zero-order valence-corrected chi connectivity index (χ0v) is 15.9. The number of aliphatic hydroxyl groups excluding tert-OH is 2. The van der Waals surface area contributed by atoms with E-state index >= 15 is 0 Å². The third-order valence-electron chi connectivity index (χ3n) is 8.72. The first-order chi connectivity index (χ1) is 11.8. The second-order valence-electron chi connectivity index (χ2n) is 9.75. The molecule has 0 saturated heterocycles. The molecule has 3 saturated carbocycles. The van der Waals surface area contributed by atoms with Crippen LogP contribution < -0.4 is 5.84 Å². The summed E-state index contributed by atoms with van der Waals surface area (Å²) < 4.78 is 0. The van der Waals surface area contributed by atoms with Crippen LogP contribution in [0.15, 0.2) is 16.8 Å². The third kappa shape index (κ3) is 2.36. The summed E-state index contributed by atoms with van der Waals surface area (Å²) in [6, 6.07) is 0. The second kappa shape index (κ2) is 5.82. The van der Waals surface area contributed by atoms with Crippen molar-refractivity contribution in [1.82, 2.24) is 0 Å². The maximum absolute atomic E-state index is 11.3. The zero-order chi connectivity index (χ0) is 18.0. The molecule has 0 heterocycles. The normalized spacial score (nSPS) is 52.8. The number of nitrogens with zero attached hydrogens (tertiary/aromatic N) is 1. The fourth-order valence-corrected chi connectivity index (χ4v) is 7.55. The lowest BCUT2D eigenvalue weighted by Gasteiger charge is -2.59. The highest BCUT2D eigenvalue weighted by molar-refractivity contribution is 5.85. The molecule has 0 amide bonds. The molecule has 4 aliphatic carbocycles. The highest BCUT2D eigenvalue weighted by Gasteiger charge is 2.61. The van der Waals surface area contributed by atoms with Gasteiger partial charge >= 0.3 is 0 Å². The molecule has 0 bridgehead atoms. The van der Waals surface area contributed by atoms with Crippen LogP contribution in [0.5, 0.6) is 0 Å². The lowest BCUT2D eigenvalue weighted by molar-refractivity contribution is -0.120. The minimum atomic E-state index is -0.263. The number of rotatable bonds is 1. The van der Waals surface area contributed by atoms with Crippen LogP contribution in [0, 0.1) is 34.5 Å². The molecule has 0 aromatic rings. The van der Waals surface area contributed by atoms with Gasteiger partial charge in [0.15, 0.2) is 0 Å². The van der Waals surface area contributed by atoms with E-state index in [0.717, 1.165) is 44.2 Å². The van der Waals surface area contributed by atoms with Crippen LogP contribution in [-0.4, -0.2) is 28.1 Å². The van der Waals surface area contributed by atoms with Gasteiger partial charge in [0.25, 0.3) is 0 Å². The number of allylic oxidation sites excluding steroid dienone is 1. The number of hydrogen-bond acceptors (Lipinski definition) is 4. The van der Waals surface area contributed by atoms with E-state index in [1.54, 1.807) is 0 Å². The van der Waals surface area contributed by atoms with E-state index in [1.807, 2.05) is 0 Å². The summed E-state index contributed by atoms with van der Waals surface area (Å²) in [4.78, 5) is 0. The van der Waals surface area contributed by atoms with Crippen molar-refractivity contribution < 1.29 is 10.2 Å². The van der Waals surface area contributed by atoms with Crippen molar-refractivity contribution in [3.05, 3.63) is 11.6 Å². The topological polar surface area (TPSA) is 78.8 Å². The van der Waals surface area contributed by atoms with Gasteiger partial charge in [-0.2, -0.15) is 5.10 Å². The first-order valence-corrected chi connectivity index (χ1v) is 10.1. The average molecular weight is 347 g/mol. The monoisotopic (exact) mass is 346 g/mol. The first kappa shape index (κ1) is 17.5. The minimum Gasteiger partial charge on any atom is -0.393 e. The van der Waals surface area contributed by atoms with E-state index in [-0.39, 0.29) is 23.0 Å². The maximum Gasteiger partial charge on any atom is 0.0585 e. The van der Waals surface area contributed by atoms with Crippen molar-refractivity contribution >= 4 is 5.71 Å². The van der Waals surface area contributed by atoms with Crippen LogP contribution in [0.4, 0.5) is 0 Å². The number of nitrogens with two attached hydrogens (primary N) is 1. The van der Waals surface area contributed by atoms with Crippen molar-refractivity contribution in [2.24, 2.45) is 45.4 Å². The van der Waals surface area contributed by atoms with Crippen LogP contribution in [0.2, 0.25) is 0 Å². The molecule has 3 unspecified atom stereocenters. The molecule has 4 rings (SSSR count). The number of fused-ring (bicyclic) bond motifs is 5. The Morgan fingerprint density at radius 3 is 2.72 bits per heavy atom. The molecule has 0 aromatic carbocycles. The number of hydrazone groups is 1. The molecule has 140 valence electrons. The standard InChI is InChI=1S/C21H34N2O2/c1-12(23-22)16-6-7-17-15-5-4-13-10-14(24)8-9-20(13,2)19(15)18(25)11-21(16,17)3/h4,14-19,24-25H,5-11,22H2,1-3H3/b23-12+/t14-,15?,16+,17?,18-,19?,20-,21+/m0/s1. The molecule has 4 N–H and O–H groups in total. The summed E-state index contributed by atoms with van der Waals surface area (Å²) in [5, 5.41) is 25.4. The van der Waals surface area contributed by atoms with Gasteiger partial charge in [0, 0.05) is 11.6 Å². The average Bonchev–Trinajstić information content (AvgIpc) is 2.91. The summed E-state index contributed by atoms with van der Waals surface area (Å²) in [5.74, 6) is 7.55. The minimum absolute atomic E-state index is 0.0674. The predicted molar refractivity (Wildman–Crippen MR) is 99.9 cm³/mol. The van der Waals surface area contributed by atoms with Gasteiger partial charge in [-0.3, -0.25) is 0 Å². The van der Waals surface area contributed by atoms with Gasteiger partial charge in [-0.1, -0.05) is 25.5 Å². The van der Waals surface area contributed by atoms with Gasteiger partial charge in [0.1, 0.15) is 0 Å². The van der Waals surface area contributed by atoms with E-state index in [0.29, 0.717) is 23.7 Å². The van der Waals surface area contributed by atoms with Crippen LogP contribution in [0.25, 0.3) is 0 Å². The van der Waals surface area contributed by atoms with Crippen molar-refractivity contribution in [3.8, 4) is 0 Å². The van der Waals surface area contributed by atoms with Crippen LogP contribution in [0.3, 0.4) is 0 Å². The van der Waals surface area contributed by atoms with Crippen LogP contribution >= 0.6 is 0 Å². The van der Waals surface area contributed by atoms with Crippen molar-refractivity contribution in [1.29, 1.82) is 0 Å². The zero-order valence-electron chi connectivity index (χ0n) is 15.9. The molecule has 25 heavy (non-hydrogen) atoms. The summed E-state index contributed by atoms with van der Waals surface area (Å²) in [6.07, 6.45) is 8.94. The highest BCUT2D eigenvalue weighted by atomic mass is 16.3. The summed E-state index contributed by atoms with van der Waals surface area (Å²) in [7, 11) is 0. The van der Waals surface area contributed by atoms with Gasteiger partial charge in [0.2, 0.25) is 0 Å². The Hall–Kier alpha value is -0.870. The second-order valence-corrected chi connectivity index (χ2v) is 9.75. The molecule has 4 aliphatic rings. The first-order valence-electron chi connectivity index (χ1n) is 10.1. The lowest BCUT2D eigenvalue weighted by atomic mass is 9.46. The lowest BCUT2D eigenvalue weighted by Crippen LogP contribution is -2.56. The van der Waals surface area contributed by atoms with E-state index < -0.39 is 0 Å². The summed E-state index contributed by atoms with van der Waals surface area (Å²) in [5.41, 5.74) is 2.64. The summed E-state index contributed by atoms with van der Waals surface area (Å²) in [6.45, 7) is 6.78. The fraction of sp³-hybridized carbons (Fsp3) is 0.857. The Labute approximate surface area is 151 Å². The molecule has 0 aromatic heterocycles. The molecule has 4 heteroatoms. The Morgan fingerprint density at radius 2 is 2.00 bits per heavy atom. The number of hydrogen-bond donors (Lipinski definition) is 3. The highest BCUT2D eigenvalue weighted by Crippen LogP contribution is 2.66. The van der Waals surface area contributed by atoms with E-state index in [4.69, 9.17) is 5.84 Å². The fourth-order valence-electron chi connectivity index (χ4n) is 7.55. The van der Waals surface area contributed by atoms with Gasteiger partial charge in [-0.15, -0.1) is 0 Å². The molecule has 0 spiro atoms. The molecular weight excluding hydrogens is 312 g/mol. The molecule has 8 atom stereocenters. The Bertz CT molecular complexity index is 615. The van der Waals surface area contributed by atoms with Crippen molar-refractivity contribution in [2.45, 2.75) is 77.9 Å². The molecular formula is C21H34N2O2. The van der Waals surface area contributed by atoms with E-state index in [9.17, 15) is 10.2 Å². The molecule has 0 radical (unpaired) electrons. The van der Waals surface area contributed by atoms with Gasteiger partial charge in [-0.25, -0.2) is 0 Å². The Balaban J connectivity index is 1.71. The van der Waals surface area contributed by atoms with Crippen molar-refractivity contribution in [2.75, 3.05) is 0 Å². The quantitative estimate of drug-likeness (QED) is 0.295. The van der Waals surface area contributed by atoms with E-state index in [2.05, 4.69) is 31.9 Å². The van der Waals surface area contributed by atoms with Gasteiger partial charge in [-0.05, 0) is 80.5 Å². The number of aliphatic hydroxyl groups is 2. The van der Waals surface area contributed by atoms with Crippen LogP contribution in [0.1, 0.15) is 65.7 Å².